The second-order valence-corrected chi connectivity index (χ2v) is 5.65. The predicted molar refractivity (Wildman–Crippen MR) is 79.0 cm³/mol. The average molecular weight is 279 g/mol. The van der Waals surface area contributed by atoms with Crippen LogP contribution >= 0.6 is 0 Å². The van der Waals surface area contributed by atoms with E-state index in [0.29, 0.717) is 12.0 Å². The van der Waals surface area contributed by atoms with Gasteiger partial charge in [0.25, 0.3) is 0 Å². The highest BCUT2D eigenvalue weighted by Crippen LogP contribution is 2.31. The van der Waals surface area contributed by atoms with Crippen LogP contribution in [0.15, 0.2) is 18.2 Å². The molecule has 0 spiro atoms. The van der Waals surface area contributed by atoms with Gasteiger partial charge in [-0.15, -0.1) is 0 Å². The zero-order valence-electron chi connectivity index (χ0n) is 12.3. The van der Waals surface area contributed by atoms with E-state index < -0.39 is 0 Å². The summed E-state index contributed by atoms with van der Waals surface area (Å²) >= 11 is 0. The molecule has 2 rings (SSSR count). The third-order valence-corrected chi connectivity index (χ3v) is 4.31. The lowest BCUT2D eigenvalue weighted by Gasteiger charge is -2.33. The smallest absolute Gasteiger partial charge is 0.120 e. The number of hydrogen-bond donors (Lipinski definition) is 3. The van der Waals surface area contributed by atoms with Crippen LogP contribution in [-0.4, -0.2) is 30.0 Å². The second-order valence-electron chi connectivity index (χ2n) is 5.65. The molecule has 1 aliphatic carbocycles. The molecule has 3 atom stereocenters. The first-order valence-corrected chi connectivity index (χ1v) is 7.39. The Morgan fingerprint density at radius 3 is 2.80 bits per heavy atom. The van der Waals surface area contributed by atoms with Crippen molar-refractivity contribution in [3.63, 3.8) is 0 Å². The van der Waals surface area contributed by atoms with E-state index in [1.54, 1.807) is 19.2 Å². The second kappa shape index (κ2) is 6.95. The Morgan fingerprint density at radius 2 is 2.10 bits per heavy atom. The van der Waals surface area contributed by atoms with Gasteiger partial charge in [0.1, 0.15) is 11.5 Å². The number of phenols is 1. The number of rotatable bonds is 5. The van der Waals surface area contributed by atoms with Crippen molar-refractivity contribution >= 4 is 0 Å². The molecule has 4 heteroatoms. The van der Waals surface area contributed by atoms with Crippen molar-refractivity contribution in [1.82, 2.24) is 5.32 Å². The fourth-order valence-electron chi connectivity index (χ4n) is 3.06. The molecular formula is C16H25NO3. The summed E-state index contributed by atoms with van der Waals surface area (Å²) in [4.78, 5) is 0. The Bertz CT molecular complexity index is 436. The molecule has 1 aromatic carbocycles. The Morgan fingerprint density at radius 1 is 1.35 bits per heavy atom. The minimum Gasteiger partial charge on any atom is -0.508 e. The zero-order valence-corrected chi connectivity index (χ0v) is 12.3. The van der Waals surface area contributed by atoms with Gasteiger partial charge in [0.15, 0.2) is 0 Å². The van der Waals surface area contributed by atoms with Gasteiger partial charge in [0, 0.05) is 24.3 Å². The maximum atomic E-state index is 10.0. The van der Waals surface area contributed by atoms with Crippen LogP contribution in [-0.2, 0) is 0 Å². The maximum absolute atomic E-state index is 10.0. The number of aliphatic hydroxyl groups excluding tert-OH is 1. The summed E-state index contributed by atoms with van der Waals surface area (Å²) in [6.45, 7) is 2.27. The maximum Gasteiger partial charge on any atom is 0.120 e. The normalized spacial score (nSPS) is 24.4. The van der Waals surface area contributed by atoms with Crippen LogP contribution in [0.3, 0.4) is 0 Å². The first kappa shape index (κ1) is 15.1. The van der Waals surface area contributed by atoms with Gasteiger partial charge in [0.2, 0.25) is 0 Å². The van der Waals surface area contributed by atoms with Crippen LogP contribution in [0.4, 0.5) is 0 Å². The van der Waals surface area contributed by atoms with E-state index in [2.05, 4.69) is 5.32 Å². The summed E-state index contributed by atoms with van der Waals surface area (Å²) in [7, 11) is 1.62. The highest BCUT2D eigenvalue weighted by atomic mass is 16.5. The molecule has 3 N–H and O–H groups in total. The molecule has 0 aliphatic heterocycles. The lowest BCUT2D eigenvalue weighted by Crippen LogP contribution is -2.41. The molecule has 0 amide bonds. The molecule has 0 heterocycles. The first-order chi connectivity index (χ1) is 9.65. The molecule has 0 aromatic heterocycles. The third-order valence-electron chi connectivity index (χ3n) is 4.31. The van der Waals surface area contributed by atoms with Gasteiger partial charge in [-0.3, -0.25) is 0 Å². The predicted octanol–water partition coefficient (Wildman–Crippen LogP) is 2.60. The van der Waals surface area contributed by atoms with Crippen molar-refractivity contribution in [1.29, 1.82) is 0 Å². The van der Waals surface area contributed by atoms with Gasteiger partial charge in [-0.2, -0.15) is 0 Å². The quantitative estimate of drug-likeness (QED) is 0.775. The Hall–Kier alpha value is -1.26. The number of ether oxygens (including phenoxy) is 1. The molecule has 0 radical (unpaired) electrons. The SMILES string of the molecule is COc1ccc(O)c(C(C)NC2CCCCC2CO)c1. The zero-order chi connectivity index (χ0) is 14.5. The average Bonchev–Trinajstić information content (AvgIpc) is 2.48. The van der Waals surface area contributed by atoms with Gasteiger partial charge >= 0.3 is 0 Å². The number of aromatic hydroxyl groups is 1. The first-order valence-electron chi connectivity index (χ1n) is 7.39. The third kappa shape index (κ3) is 3.44. The summed E-state index contributed by atoms with van der Waals surface area (Å²) in [6, 6.07) is 5.63. The van der Waals surface area contributed by atoms with E-state index in [-0.39, 0.29) is 18.4 Å². The molecule has 1 aromatic rings. The van der Waals surface area contributed by atoms with Crippen molar-refractivity contribution in [2.45, 2.75) is 44.7 Å². The minimum atomic E-state index is 0.0299. The molecule has 1 aliphatic rings. The van der Waals surface area contributed by atoms with Gasteiger partial charge in [0.05, 0.1) is 7.11 Å². The summed E-state index contributed by atoms with van der Waals surface area (Å²) in [5.74, 6) is 1.34. The van der Waals surface area contributed by atoms with E-state index in [4.69, 9.17) is 4.74 Å². The van der Waals surface area contributed by atoms with E-state index in [1.165, 1.54) is 12.8 Å². The van der Waals surface area contributed by atoms with Crippen LogP contribution in [0, 0.1) is 5.92 Å². The molecular weight excluding hydrogens is 254 g/mol. The molecule has 0 bridgehead atoms. The molecule has 3 unspecified atom stereocenters. The highest BCUT2D eigenvalue weighted by molar-refractivity contribution is 5.41. The molecule has 1 fully saturated rings. The fraction of sp³-hybridized carbons (Fsp3) is 0.625. The summed E-state index contributed by atoms with van der Waals surface area (Å²) < 4.78 is 5.21. The number of benzene rings is 1. The largest absolute Gasteiger partial charge is 0.508 e. The van der Waals surface area contributed by atoms with Crippen LogP contribution < -0.4 is 10.1 Å². The number of nitrogens with one attached hydrogen (secondary N) is 1. The molecule has 20 heavy (non-hydrogen) atoms. The van der Waals surface area contributed by atoms with Crippen LogP contribution in [0.5, 0.6) is 11.5 Å². The van der Waals surface area contributed by atoms with Gasteiger partial charge in [-0.25, -0.2) is 0 Å². The van der Waals surface area contributed by atoms with Gasteiger partial charge in [-0.05, 0) is 43.9 Å². The molecule has 112 valence electrons. The van der Waals surface area contributed by atoms with Crippen LogP contribution in [0.1, 0.15) is 44.2 Å². The van der Waals surface area contributed by atoms with Crippen molar-refractivity contribution in [3.8, 4) is 11.5 Å². The lowest BCUT2D eigenvalue weighted by molar-refractivity contribution is 0.147. The Labute approximate surface area is 120 Å². The van der Waals surface area contributed by atoms with E-state index in [1.807, 2.05) is 13.0 Å². The Balaban J connectivity index is 2.08. The molecule has 1 saturated carbocycles. The van der Waals surface area contributed by atoms with Crippen molar-refractivity contribution in [2.75, 3.05) is 13.7 Å². The summed E-state index contributed by atoms with van der Waals surface area (Å²) in [6.07, 6.45) is 4.55. The number of phenolic OH excluding ortho intramolecular Hbond substituents is 1. The number of methoxy groups -OCH3 is 1. The molecule has 0 saturated heterocycles. The number of aliphatic hydroxyl groups is 1. The topological polar surface area (TPSA) is 61.7 Å². The minimum absolute atomic E-state index is 0.0299. The fourth-order valence-corrected chi connectivity index (χ4v) is 3.06. The summed E-state index contributed by atoms with van der Waals surface area (Å²) in [5, 5.41) is 23.0. The van der Waals surface area contributed by atoms with E-state index in [0.717, 1.165) is 24.2 Å². The van der Waals surface area contributed by atoms with Crippen LogP contribution in [0.2, 0.25) is 0 Å². The van der Waals surface area contributed by atoms with Crippen molar-refractivity contribution < 1.29 is 14.9 Å². The standard InChI is InChI=1S/C16H25NO3/c1-11(14-9-13(20-2)7-8-16(14)19)17-15-6-4-3-5-12(15)10-18/h7-9,11-12,15,17-19H,3-6,10H2,1-2H3. The Kier molecular flexibility index (Phi) is 5.26. The van der Waals surface area contributed by atoms with Crippen molar-refractivity contribution in [3.05, 3.63) is 23.8 Å². The lowest BCUT2D eigenvalue weighted by atomic mass is 9.84. The van der Waals surface area contributed by atoms with Gasteiger partial charge < -0.3 is 20.3 Å². The van der Waals surface area contributed by atoms with Gasteiger partial charge in [-0.1, -0.05) is 12.8 Å². The van der Waals surface area contributed by atoms with E-state index in [9.17, 15) is 10.2 Å². The van der Waals surface area contributed by atoms with E-state index >= 15 is 0 Å². The highest BCUT2D eigenvalue weighted by Gasteiger charge is 2.26. The molecule has 4 nitrogen and oxygen atoms in total. The van der Waals surface area contributed by atoms with Crippen LogP contribution in [0.25, 0.3) is 0 Å². The number of hydrogen-bond acceptors (Lipinski definition) is 4. The summed E-state index contributed by atoms with van der Waals surface area (Å²) in [5.41, 5.74) is 0.839. The van der Waals surface area contributed by atoms with Crippen molar-refractivity contribution in [2.24, 2.45) is 5.92 Å². The monoisotopic (exact) mass is 279 g/mol.